The fourth-order valence-electron chi connectivity index (χ4n) is 2.66. The molecular formula is C17H26N2O3. The van der Waals surface area contributed by atoms with Crippen LogP contribution in [0.15, 0.2) is 24.3 Å². The number of rotatable bonds is 5. The number of piperidine rings is 1. The van der Waals surface area contributed by atoms with Gasteiger partial charge in [0.15, 0.2) is 0 Å². The quantitative estimate of drug-likeness (QED) is 0.818. The van der Waals surface area contributed by atoms with E-state index in [0.29, 0.717) is 13.1 Å². The summed E-state index contributed by atoms with van der Waals surface area (Å²) in [6.45, 7) is 3.81. The standard InChI is InChI=1S/C17H26N2O3/c1-13-8-10-19(12-16(13)20)17(21)18-9-4-6-14-5-3-7-15(11-14)22-2/h3,5,7,11,13,16,20H,4,6,8-10,12H2,1-2H3,(H,18,21). The largest absolute Gasteiger partial charge is 0.497 e. The summed E-state index contributed by atoms with van der Waals surface area (Å²) in [4.78, 5) is 13.8. The predicted octanol–water partition coefficient (Wildman–Crippen LogP) is 2.04. The molecule has 2 unspecified atom stereocenters. The van der Waals surface area contributed by atoms with Crippen molar-refractivity contribution in [3.63, 3.8) is 0 Å². The van der Waals surface area contributed by atoms with E-state index < -0.39 is 6.10 Å². The number of amides is 2. The molecule has 0 aromatic heterocycles. The number of nitrogens with one attached hydrogen (secondary N) is 1. The van der Waals surface area contributed by atoms with Gasteiger partial charge in [0, 0.05) is 19.6 Å². The second kappa shape index (κ2) is 8.03. The van der Waals surface area contributed by atoms with Crippen LogP contribution in [0.5, 0.6) is 5.75 Å². The predicted molar refractivity (Wildman–Crippen MR) is 86.1 cm³/mol. The normalized spacial score (nSPS) is 21.5. The highest BCUT2D eigenvalue weighted by atomic mass is 16.5. The van der Waals surface area contributed by atoms with Crippen LogP contribution in [0.4, 0.5) is 4.79 Å². The van der Waals surface area contributed by atoms with Crippen LogP contribution in [0.25, 0.3) is 0 Å². The van der Waals surface area contributed by atoms with Crippen LogP contribution < -0.4 is 10.1 Å². The first-order valence-electron chi connectivity index (χ1n) is 7.94. The van der Waals surface area contributed by atoms with E-state index in [1.807, 2.05) is 25.1 Å². The minimum absolute atomic E-state index is 0.0726. The van der Waals surface area contributed by atoms with Gasteiger partial charge in [-0.05, 0) is 42.9 Å². The monoisotopic (exact) mass is 306 g/mol. The Bertz CT molecular complexity index is 493. The van der Waals surface area contributed by atoms with Gasteiger partial charge in [0.2, 0.25) is 0 Å². The molecule has 1 fully saturated rings. The van der Waals surface area contributed by atoms with Gasteiger partial charge < -0.3 is 20.1 Å². The maximum absolute atomic E-state index is 12.0. The zero-order valence-corrected chi connectivity index (χ0v) is 13.4. The van der Waals surface area contributed by atoms with Crippen LogP contribution in [0.1, 0.15) is 25.3 Å². The third-order valence-corrected chi connectivity index (χ3v) is 4.26. The molecule has 2 atom stereocenters. The summed E-state index contributed by atoms with van der Waals surface area (Å²) in [7, 11) is 1.66. The first-order valence-corrected chi connectivity index (χ1v) is 7.94. The molecule has 0 aliphatic carbocycles. The zero-order valence-electron chi connectivity index (χ0n) is 13.4. The second-order valence-electron chi connectivity index (χ2n) is 5.97. The molecule has 0 saturated carbocycles. The molecule has 5 nitrogen and oxygen atoms in total. The number of nitrogens with zero attached hydrogens (tertiary/aromatic N) is 1. The Hall–Kier alpha value is -1.75. The number of urea groups is 1. The molecule has 0 spiro atoms. The van der Waals surface area contributed by atoms with Gasteiger partial charge in [-0.3, -0.25) is 0 Å². The number of methoxy groups -OCH3 is 1. The second-order valence-corrected chi connectivity index (χ2v) is 5.97. The van der Waals surface area contributed by atoms with Crippen molar-refractivity contribution in [3.05, 3.63) is 29.8 Å². The Kier molecular flexibility index (Phi) is 6.07. The topological polar surface area (TPSA) is 61.8 Å². The highest BCUT2D eigenvalue weighted by molar-refractivity contribution is 5.74. The number of β-amino-alcohol motifs (C(OH)–C–C–N with tert-alkyl or cyclic N) is 1. The van der Waals surface area contributed by atoms with E-state index in [0.717, 1.165) is 31.6 Å². The number of hydrogen-bond donors (Lipinski definition) is 2. The van der Waals surface area contributed by atoms with Crippen molar-refractivity contribution in [2.75, 3.05) is 26.7 Å². The first kappa shape index (κ1) is 16.6. The number of carbonyl (C=O) groups is 1. The van der Waals surface area contributed by atoms with Gasteiger partial charge >= 0.3 is 6.03 Å². The summed E-state index contributed by atoms with van der Waals surface area (Å²) in [5.74, 6) is 1.13. The van der Waals surface area contributed by atoms with Gasteiger partial charge in [0.25, 0.3) is 0 Å². The van der Waals surface area contributed by atoms with Crippen molar-refractivity contribution in [1.29, 1.82) is 0 Å². The third kappa shape index (κ3) is 4.63. The maximum atomic E-state index is 12.0. The molecule has 22 heavy (non-hydrogen) atoms. The molecule has 2 amide bonds. The Morgan fingerprint density at radius 3 is 3.05 bits per heavy atom. The molecule has 0 bridgehead atoms. The third-order valence-electron chi connectivity index (χ3n) is 4.26. The number of ether oxygens (including phenoxy) is 1. The van der Waals surface area contributed by atoms with E-state index in [4.69, 9.17) is 4.74 Å². The van der Waals surface area contributed by atoms with Crippen LogP contribution in [0.3, 0.4) is 0 Å². The summed E-state index contributed by atoms with van der Waals surface area (Å²) >= 11 is 0. The van der Waals surface area contributed by atoms with Crippen LogP contribution in [0, 0.1) is 5.92 Å². The Morgan fingerprint density at radius 2 is 2.32 bits per heavy atom. The molecule has 1 aliphatic rings. The number of likely N-dealkylation sites (tertiary alicyclic amines) is 1. The van der Waals surface area contributed by atoms with Crippen LogP contribution in [0.2, 0.25) is 0 Å². The number of hydrogen-bond acceptors (Lipinski definition) is 3. The van der Waals surface area contributed by atoms with Crippen LogP contribution >= 0.6 is 0 Å². The van der Waals surface area contributed by atoms with Crippen molar-refractivity contribution >= 4 is 6.03 Å². The lowest BCUT2D eigenvalue weighted by atomic mass is 9.96. The lowest BCUT2D eigenvalue weighted by Gasteiger charge is -2.34. The molecule has 1 aromatic rings. The molecule has 1 saturated heterocycles. The van der Waals surface area contributed by atoms with E-state index in [9.17, 15) is 9.90 Å². The zero-order chi connectivity index (χ0) is 15.9. The van der Waals surface area contributed by atoms with E-state index in [-0.39, 0.29) is 11.9 Å². The van der Waals surface area contributed by atoms with E-state index in [1.54, 1.807) is 12.0 Å². The smallest absolute Gasteiger partial charge is 0.317 e. The summed E-state index contributed by atoms with van der Waals surface area (Å²) in [6, 6.07) is 7.91. The van der Waals surface area contributed by atoms with Crippen molar-refractivity contribution in [3.8, 4) is 5.75 Å². The van der Waals surface area contributed by atoms with E-state index in [2.05, 4.69) is 11.4 Å². The Morgan fingerprint density at radius 1 is 1.50 bits per heavy atom. The minimum Gasteiger partial charge on any atom is -0.497 e. The maximum Gasteiger partial charge on any atom is 0.317 e. The molecule has 122 valence electrons. The number of benzene rings is 1. The number of aryl methyl sites for hydroxylation is 1. The molecule has 1 aromatic carbocycles. The number of aliphatic hydroxyl groups excluding tert-OH is 1. The summed E-state index contributed by atoms with van der Waals surface area (Å²) in [6.07, 6.45) is 2.23. The Balaban J connectivity index is 1.69. The van der Waals surface area contributed by atoms with Gasteiger partial charge in [0.05, 0.1) is 13.2 Å². The molecule has 2 N–H and O–H groups in total. The van der Waals surface area contributed by atoms with Crippen molar-refractivity contribution < 1.29 is 14.6 Å². The lowest BCUT2D eigenvalue weighted by molar-refractivity contribution is 0.0436. The SMILES string of the molecule is COc1cccc(CCCNC(=O)N2CCC(C)C(O)C2)c1. The molecule has 2 rings (SSSR count). The molecule has 0 radical (unpaired) electrons. The van der Waals surface area contributed by atoms with Crippen LogP contribution in [-0.4, -0.2) is 48.9 Å². The Labute approximate surface area is 132 Å². The summed E-state index contributed by atoms with van der Waals surface area (Å²) in [5, 5.41) is 12.8. The fourth-order valence-corrected chi connectivity index (χ4v) is 2.66. The summed E-state index contributed by atoms with van der Waals surface area (Å²) in [5.41, 5.74) is 1.20. The van der Waals surface area contributed by atoms with Crippen molar-refractivity contribution in [2.45, 2.75) is 32.3 Å². The number of carbonyl (C=O) groups excluding carboxylic acids is 1. The fraction of sp³-hybridized carbons (Fsp3) is 0.588. The van der Waals surface area contributed by atoms with E-state index in [1.165, 1.54) is 5.56 Å². The van der Waals surface area contributed by atoms with Crippen molar-refractivity contribution in [1.82, 2.24) is 10.2 Å². The highest BCUT2D eigenvalue weighted by Crippen LogP contribution is 2.17. The average Bonchev–Trinajstić information content (AvgIpc) is 2.54. The van der Waals surface area contributed by atoms with E-state index >= 15 is 0 Å². The molecule has 1 heterocycles. The van der Waals surface area contributed by atoms with Crippen LogP contribution in [-0.2, 0) is 6.42 Å². The molecular weight excluding hydrogens is 280 g/mol. The van der Waals surface area contributed by atoms with Gasteiger partial charge in [0.1, 0.15) is 5.75 Å². The summed E-state index contributed by atoms with van der Waals surface area (Å²) < 4.78 is 5.20. The van der Waals surface area contributed by atoms with Gasteiger partial charge in [-0.25, -0.2) is 4.79 Å². The number of aliphatic hydroxyl groups is 1. The van der Waals surface area contributed by atoms with Gasteiger partial charge in [-0.15, -0.1) is 0 Å². The molecule has 5 heteroatoms. The van der Waals surface area contributed by atoms with Gasteiger partial charge in [-0.1, -0.05) is 19.1 Å². The first-order chi connectivity index (χ1) is 10.6. The minimum atomic E-state index is -0.406. The van der Waals surface area contributed by atoms with Crippen molar-refractivity contribution in [2.24, 2.45) is 5.92 Å². The average molecular weight is 306 g/mol. The van der Waals surface area contributed by atoms with Gasteiger partial charge in [-0.2, -0.15) is 0 Å². The molecule has 1 aliphatic heterocycles. The highest BCUT2D eigenvalue weighted by Gasteiger charge is 2.26. The lowest BCUT2D eigenvalue weighted by Crippen LogP contribution is -2.49.